The summed E-state index contributed by atoms with van der Waals surface area (Å²) in [6.45, 7) is 4.98. The molecule has 120 valence electrons. The number of halogens is 1. The van der Waals surface area contributed by atoms with Crippen LogP contribution in [0.5, 0.6) is 5.75 Å². The summed E-state index contributed by atoms with van der Waals surface area (Å²) in [5.74, 6) is 0.314. The van der Waals surface area contributed by atoms with E-state index in [1.807, 2.05) is 6.07 Å². The summed E-state index contributed by atoms with van der Waals surface area (Å²) in [5, 5.41) is 3.29. The summed E-state index contributed by atoms with van der Waals surface area (Å²) in [7, 11) is 0. The zero-order valence-corrected chi connectivity index (χ0v) is 12.6. The normalized spacial score (nSPS) is 20.0. The first-order valence-electron chi connectivity index (χ1n) is 7.87. The van der Waals surface area contributed by atoms with E-state index in [-0.39, 0.29) is 11.9 Å². The number of ether oxygens (including phenoxy) is 1. The average molecular weight is 307 g/mol. The molecule has 0 spiro atoms. The molecule has 3 rings (SSSR count). The van der Waals surface area contributed by atoms with Gasteiger partial charge in [-0.25, -0.2) is 4.39 Å². The van der Waals surface area contributed by atoms with Gasteiger partial charge in [-0.1, -0.05) is 0 Å². The number of nitrogens with one attached hydrogen (secondary N) is 1. The van der Waals surface area contributed by atoms with Gasteiger partial charge in [0.15, 0.2) is 0 Å². The quantitative estimate of drug-likeness (QED) is 0.850. The van der Waals surface area contributed by atoms with E-state index in [9.17, 15) is 9.18 Å². The number of nitrogens with zero attached hydrogens (tertiary/aromatic N) is 2. The van der Waals surface area contributed by atoms with Crippen LogP contribution in [0.25, 0.3) is 0 Å². The van der Waals surface area contributed by atoms with Crippen LogP contribution in [0.2, 0.25) is 0 Å². The van der Waals surface area contributed by atoms with Gasteiger partial charge >= 0.3 is 0 Å². The predicted molar refractivity (Wildman–Crippen MR) is 82.8 cm³/mol. The Morgan fingerprint density at radius 1 is 1.14 bits per heavy atom. The highest BCUT2D eigenvalue weighted by molar-refractivity contribution is 5.51. The number of benzene rings is 1. The van der Waals surface area contributed by atoms with Crippen molar-refractivity contribution in [2.24, 2.45) is 0 Å². The van der Waals surface area contributed by atoms with Gasteiger partial charge in [0.1, 0.15) is 17.7 Å². The standard InChI is InChI=1S/C16H22FN3O2/c17-13-9-14(20-7-3-18-4-8-20)11-16(10-13)22-15-1-5-19(12-21)6-2-15/h9-12,15,18H,1-8H2. The van der Waals surface area contributed by atoms with Gasteiger partial charge in [0.05, 0.1) is 0 Å². The Morgan fingerprint density at radius 2 is 1.86 bits per heavy atom. The second-order valence-corrected chi connectivity index (χ2v) is 5.84. The van der Waals surface area contributed by atoms with Crippen LogP contribution in [-0.2, 0) is 4.79 Å². The second-order valence-electron chi connectivity index (χ2n) is 5.84. The van der Waals surface area contributed by atoms with E-state index in [1.54, 1.807) is 11.0 Å². The number of anilines is 1. The molecule has 2 heterocycles. The Balaban J connectivity index is 1.66. The average Bonchev–Trinajstić information content (AvgIpc) is 2.56. The van der Waals surface area contributed by atoms with Crippen molar-refractivity contribution in [1.82, 2.24) is 10.2 Å². The Bertz CT molecular complexity index is 512. The second kappa shape index (κ2) is 6.96. The molecular formula is C16H22FN3O2. The maximum atomic E-state index is 13.9. The van der Waals surface area contributed by atoms with E-state index < -0.39 is 0 Å². The van der Waals surface area contributed by atoms with E-state index in [0.29, 0.717) is 18.8 Å². The van der Waals surface area contributed by atoms with Crippen LogP contribution in [0.15, 0.2) is 18.2 Å². The summed E-state index contributed by atoms with van der Waals surface area (Å²) in [4.78, 5) is 14.6. The molecule has 22 heavy (non-hydrogen) atoms. The molecule has 0 aliphatic carbocycles. The fourth-order valence-electron chi connectivity index (χ4n) is 3.01. The highest BCUT2D eigenvalue weighted by atomic mass is 19.1. The van der Waals surface area contributed by atoms with E-state index in [1.165, 1.54) is 6.07 Å². The summed E-state index contributed by atoms with van der Waals surface area (Å²) < 4.78 is 19.8. The number of rotatable bonds is 4. The number of piperidine rings is 1. The van der Waals surface area contributed by atoms with Crippen molar-refractivity contribution in [3.8, 4) is 5.75 Å². The van der Waals surface area contributed by atoms with E-state index >= 15 is 0 Å². The molecule has 6 heteroatoms. The van der Waals surface area contributed by atoms with Crippen molar-refractivity contribution in [2.45, 2.75) is 18.9 Å². The maximum Gasteiger partial charge on any atom is 0.209 e. The number of likely N-dealkylation sites (tertiary alicyclic amines) is 1. The van der Waals surface area contributed by atoms with Crippen LogP contribution in [0, 0.1) is 5.82 Å². The van der Waals surface area contributed by atoms with Gasteiger partial charge in [0.2, 0.25) is 6.41 Å². The molecule has 1 aromatic carbocycles. The first-order valence-corrected chi connectivity index (χ1v) is 7.87. The molecule has 0 bridgehead atoms. The molecule has 5 nitrogen and oxygen atoms in total. The third-order valence-electron chi connectivity index (χ3n) is 4.27. The van der Waals surface area contributed by atoms with Gasteiger partial charge in [0, 0.05) is 69.9 Å². The van der Waals surface area contributed by atoms with Crippen LogP contribution >= 0.6 is 0 Å². The van der Waals surface area contributed by atoms with Crippen molar-refractivity contribution < 1.29 is 13.9 Å². The number of carbonyl (C=O) groups excluding carboxylic acids is 1. The lowest BCUT2D eigenvalue weighted by atomic mass is 10.1. The molecule has 1 aromatic rings. The highest BCUT2D eigenvalue weighted by Gasteiger charge is 2.20. The van der Waals surface area contributed by atoms with Crippen molar-refractivity contribution in [3.05, 3.63) is 24.0 Å². The molecule has 1 N–H and O–H groups in total. The molecule has 0 aromatic heterocycles. The minimum absolute atomic E-state index is 0.0499. The first-order chi connectivity index (χ1) is 10.7. The lowest BCUT2D eigenvalue weighted by molar-refractivity contribution is -0.119. The summed E-state index contributed by atoms with van der Waals surface area (Å²) >= 11 is 0. The number of amides is 1. The third kappa shape index (κ3) is 3.68. The van der Waals surface area contributed by atoms with Gasteiger partial charge in [0.25, 0.3) is 0 Å². The van der Waals surface area contributed by atoms with Crippen LogP contribution < -0.4 is 15.0 Å². The summed E-state index contributed by atoms with van der Waals surface area (Å²) in [5.41, 5.74) is 0.877. The number of carbonyl (C=O) groups is 1. The van der Waals surface area contributed by atoms with Gasteiger partial charge in [-0.15, -0.1) is 0 Å². The van der Waals surface area contributed by atoms with E-state index in [4.69, 9.17) is 4.74 Å². The third-order valence-corrected chi connectivity index (χ3v) is 4.27. The Hall–Kier alpha value is -1.82. The molecule has 2 aliphatic rings. The number of hydrogen-bond acceptors (Lipinski definition) is 4. The van der Waals surface area contributed by atoms with Gasteiger partial charge in [-0.05, 0) is 6.07 Å². The minimum atomic E-state index is -0.267. The fraction of sp³-hybridized carbons (Fsp3) is 0.562. The summed E-state index contributed by atoms with van der Waals surface area (Å²) in [6.07, 6.45) is 2.51. The number of hydrogen-bond donors (Lipinski definition) is 1. The largest absolute Gasteiger partial charge is 0.490 e. The molecule has 2 aliphatic heterocycles. The van der Waals surface area contributed by atoms with Crippen molar-refractivity contribution >= 4 is 12.1 Å². The summed E-state index contributed by atoms with van der Waals surface area (Å²) in [6, 6.07) is 4.92. The molecule has 1 amide bonds. The van der Waals surface area contributed by atoms with Crippen molar-refractivity contribution in [2.75, 3.05) is 44.2 Å². The zero-order valence-electron chi connectivity index (χ0n) is 12.6. The SMILES string of the molecule is O=CN1CCC(Oc2cc(F)cc(N3CCNCC3)c2)CC1. The van der Waals surface area contributed by atoms with Gasteiger partial charge < -0.3 is 19.9 Å². The topological polar surface area (TPSA) is 44.8 Å². The zero-order chi connectivity index (χ0) is 15.4. The Labute approximate surface area is 130 Å². The molecule has 2 saturated heterocycles. The Morgan fingerprint density at radius 3 is 2.55 bits per heavy atom. The van der Waals surface area contributed by atoms with Crippen LogP contribution in [0.1, 0.15) is 12.8 Å². The molecule has 0 unspecified atom stereocenters. The van der Waals surface area contributed by atoms with Crippen LogP contribution in [0.3, 0.4) is 0 Å². The molecule has 0 atom stereocenters. The molecular weight excluding hydrogens is 285 g/mol. The van der Waals surface area contributed by atoms with E-state index in [0.717, 1.165) is 51.1 Å². The smallest absolute Gasteiger partial charge is 0.209 e. The molecule has 0 radical (unpaired) electrons. The van der Waals surface area contributed by atoms with E-state index in [2.05, 4.69) is 10.2 Å². The van der Waals surface area contributed by atoms with Crippen LogP contribution in [-0.4, -0.2) is 56.7 Å². The number of piperazine rings is 1. The Kier molecular flexibility index (Phi) is 4.77. The van der Waals surface area contributed by atoms with Gasteiger partial charge in [-0.3, -0.25) is 4.79 Å². The maximum absolute atomic E-state index is 13.9. The van der Waals surface area contributed by atoms with Crippen molar-refractivity contribution in [3.63, 3.8) is 0 Å². The lowest BCUT2D eigenvalue weighted by Crippen LogP contribution is -2.43. The molecule has 0 saturated carbocycles. The highest BCUT2D eigenvalue weighted by Crippen LogP contribution is 2.26. The minimum Gasteiger partial charge on any atom is -0.490 e. The van der Waals surface area contributed by atoms with Crippen molar-refractivity contribution in [1.29, 1.82) is 0 Å². The predicted octanol–water partition coefficient (Wildman–Crippen LogP) is 1.23. The fourth-order valence-corrected chi connectivity index (χ4v) is 3.01. The van der Waals surface area contributed by atoms with Crippen LogP contribution in [0.4, 0.5) is 10.1 Å². The first kappa shape index (κ1) is 15.1. The van der Waals surface area contributed by atoms with Gasteiger partial charge in [-0.2, -0.15) is 0 Å². The molecule has 2 fully saturated rings. The lowest BCUT2D eigenvalue weighted by Gasteiger charge is -2.31. The monoisotopic (exact) mass is 307 g/mol.